The molecule has 0 aliphatic rings. The fourth-order valence-corrected chi connectivity index (χ4v) is 0.797. The summed E-state index contributed by atoms with van der Waals surface area (Å²) in [5.41, 5.74) is -0.370. The lowest BCUT2D eigenvalue weighted by atomic mass is 10.1. The molecule has 0 amide bonds. The van der Waals surface area contributed by atoms with Crippen LogP contribution in [0.25, 0.3) is 0 Å². The maximum atomic E-state index is 11.1. The van der Waals surface area contributed by atoms with Gasteiger partial charge in [0, 0.05) is 12.5 Å². The predicted octanol–water partition coefficient (Wildman–Crippen LogP) is -0.0481. The lowest BCUT2D eigenvalue weighted by molar-refractivity contribution is -0.156. The van der Waals surface area contributed by atoms with Gasteiger partial charge in [-0.2, -0.15) is 0 Å². The minimum absolute atomic E-state index is 0.370. The summed E-state index contributed by atoms with van der Waals surface area (Å²) in [6, 6.07) is 0. The molecule has 0 atom stereocenters. The highest BCUT2D eigenvalue weighted by atomic mass is 16.6. The van der Waals surface area contributed by atoms with E-state index in [1.807, 2.05) is 0 Å². The molecule has 0 aromatic carbocycles. The molecule has 0 heterocycles. The molecule has 0 unspecified atom stereocenters. The van der Waals surface area contributed by atoms with E-state index >= 15 is 0 Å². The van der Waals surface area contributed by atoms with Crippen molar-refractivity contribution >= 4 is 23.9 Å². The topological polar surface area (TPSA) is 118 Å². The molecule has 7 nitrogen and oxygen atoms in total. The quantitative estimate of drug-likeness (QED) is 0.386. The van der Waals surface area contributed by atoms with Crippen LogP contribution < -0.4 is 0 Å². The monoisotopic (exact) mass is 230 g/mol. The molecule has 0 spiro atoms. The van der Waals surface area contributed by atoms with Gasteiger partial charge in [-0.05, 0) is 0 Å². The summed E-state index contributed by atoms with van der Waals surface area (Å²) in [6.07, 6.45) is -0.309. The van der Waals surface area contributed by atoms with Crippen molar-refractivity contribution in [3.8, 4) is 0 Å². The van der Waals surface area contributed by atoms with Gasteiger partial charge in [-0.1, -0.05) is 6.08 Å². The van der Waals surface area contributed by atoms with Gasteiger partial charge in [0.05, 0.1) is 12.8 Å². The molecule has 0 fully saturated rings. The van der Waals surface area contributed by atoms with Crippen LogP contribution in [-0.2, 0) is 23.9 Å². The normalized spacial score (nSPS) is 10.7. The highest BCUT2D eigenvalue weighted by Gasteiger charge is 2.16. The van der Waals surface area contributed by atoms with Gasteiger partial charge < -0.3 is 14.9 Å². The number of ether oxygens (including phenoxy) is 1. The highest BCUT2D eigenvalue weighted by molar-refractivity contribution is 5.99. The first-order valence-electron chi connectivity index (χ1n) is 4.18. The lowest BCUT2D eigenvalue weighted by Gasteiger charge is -2.02. The van der Waals surface area contributed by atoms with Crippen LogP contribution in [0.3, 0.4) is 0 Å². The number of carboxylic acid groups (broad SMARTS) is 2. The molecule has 0 aromatic rings. The number of aliphatic carboxylic acids is 2. The summed E-state index contributed by atoms with van der Waals surface area (Å²) in [5.74, 6) is -4.58. The number of carbonyl (C=O) groups is 4. The zero-order chi connectivity index (χ0) is 12.7. The Morgan fingerprint density at radius 2 is 1.69 bits per heavy atom. The summed E-state index contributed by atoms with van der Waals surface area (Å²) in [5, 5.41) is 16.8. The highest BCUT2D eigenvalue weighted by Crippen LogP contribution is 2.06. The molecular formula is C9H10O7. The minimum atomic E-state index is -1.32. The number of carbonyl (C=O) groups excluding carboxylic acids is 2. The molecule has 0 aliphatic carbocycles. The van der Waals surface area contributed by atoms with Crippen molar-refractivity contribution in [3.63, 3.8) is 0 Å². The van der Waals surface area contributed by atoms with E-state index in [1.165, 1.54) is 0 Å². The number of hydrogen-bond donors (Lipinski definition) is 2. The Labute approximate surface area is 90.3 Å². The second kappa shape index (κ2) is 6.33. The van der Waals surface area contributed by atoms with Crippen molar-refractivity contribution in [1.82, 2.24) is 0 Å². The third-order valence-corrected chi connectivity index (χ3v) is 1.36. The molecule has 0 bridgehead atoms. The molecule has 16 heavy (non-hydrogen) atoms. The van der Waals surface area contributed by atoms with Crippen molar-refractivity contribution in [2.45, 2.75) is 19.8 Å². The second-order valence-electron chi connectivity index (χ2n) is 2.78. The SMILES string of the molecule is CC(=O)OC(=O)C(=CCC(=O)O)CC(=O)O. The molecule has 0 aromatic heterocycles. The largest absolute Gasteiger partial charge is 0.481 e. The Balaban J connectivity index is 4.71. The number of esters is 2. The Morgan fingerprint density at radius 1 is 1.12 bits per heavy atom. The van der Waals surface area contributed by atoms with Gasteiger partial charge in [-0.15, -0.1) is 0 Å². The Bertz CT molecular complexity index is 353. The molecule has 0 saturated heterocycles. The number of carboxylic acids is 2. The fraction of sp³-hybridized carbons (Fsp3) is 0.333. The average Bonchev–Trinajstić information content (AvgIpc) is 2.09. The van der Waals surface area contributed by atoms with E-state index in [9.17, 15) is 19.2 Å². The lowest BCUT2D eigenvalue weighted by Crippen LogP contribution is -2.14. The van der Waals surface area contributed by atoms with Crippen LogP contribution in [0, 0.1) is 0 Å². The second-order valence-corrected chi connectivity index (χ2v) is 2.78. The van der Waals surface area contributed by atoms with E-state index in [0.717, 1.165) is 13.0 Å². The van der Waals surface area contributed by atoms with Gasteiger partial charge in [0.25, 0.3) is 0 Å². The van der Waals surface area contributed by atoms with Gasteiger partial charge in [-0.3, -0.25) is 14.4 Å². The summed E-state index contributed by atoms with van der Waals surface area (Å²) in [7, 11) is 0. The molecule has 0 radical (unpaired) electrons. The van der Waals surface area contributed by atoms with Crippen LogP contribution in [0.5, 0.6) is 0 Å². The number of rotatable bonds is 5. The van der Waals surface area contributed by atoms with Gasteiger partial charge in [0.1, 0.15) is 0 Å². The fourth-order valence-electron chi connectivity index (χ4n) is 0.797. The first-order valence-corrected chi connectivity index (χ1v) is 4.18. The summed E-state index contributed by atoms with van der Waals surface area (Å²) >= 11 is 0. The first-order chi connectivity index (χ1) is 7.32. The van der Waals surface area contributed by atoms with E-state index in [-0.39, 0.29) is 5.57 Å². The van der Waals surface area contributed by atoms with Crippen LogP contribution in [0.15, 0.2) is 11.6 Å². The van der Waals surface area contributed by atoms with Crippen molar-refractivity contribution in [3.05, 3.63) is 11.6 Å². The van der Waals surface area contributed by atoms with Crippen LogP contribution in [0.2, 0.25) is 0 Å². The van der Waals surface area contributed by atoms with E-state index in [4.69, 9.17) is 10.2 Å². The standard InChI is InChI=1S/C9H10O7/c1-5(10)16-9(15)6(4-8(13)14)2-3-7(11)12/h2H,3-4H2,1H3,(H,11,12)(H,13,14). The van der Waals surface area contributed by atoms with Crippen LogP contribution >= 0.6 is 0 Å². The van der Waals surface area contributed by atoms with Crippen LogP contribution in [0.1, 0.15) is 19.8 Å². The predicted molar refractivity (Wildman–Crippen MR) is 49.4 cm³/mol. The smallest absolute Gasteiger partial charge is 0.341 e. The zero-order valence-corrected chi connectivity index (χ0v) is 8.43. The summed E-state index contributed by atoms with van der Waals surface area (Å²) < 4.78 is 4.14. The van der Waals surface area contributed by atoms with E-state index in [1.54, 1.807) is 0 Å². The van der Waals surface area contributed by atoms with Gasteiger partial charge in [0.2, 0.25) is 0 Å². The first kappa shape index (κ1) is 13.8. The number of hydrogen-bond acceptors (Lipinski definition) is 5. The van der Waals surface area contributed by atoms with Gasteiger partial charge in [-0.25, -0.2) is 4.79 Å². The molecule has 0 aliphatic heterocycles. The molecule has 0 rings (SSSR count). The summed E-state index contributed by atoms with van der Waals surface area (Å²) in [4.78, 5) is 42.2. The van der Waals surface area contributed by atoms with E-state index in [0.29, 0.717) is 0 Å². The van der Waals surface area contributed by atoms with Crippen molar-refractivity contribution in [1.29, 1.82) is 0 Å². The molecule has 0 saturated carbocycles. The third-order valence-electron chi connectivity index (χ3n) is 1.36. The maximum absolute atomic E-state index is 11.1. The third kappa shape index (κ3) is 6.30. The van der Waals surface area contributed by atoms with Crippen molar-refractivity contribution < 1.29 is 34.1 Å². The van der Waals surface area contributed by atoms with E-state index < -0.39 is 36.7 Å². The van der Waals surface area contributed by atoms with E-state index in [2.05, 4.69) is 4.74 Å². The van der Waals surface area contributed by atoms with Crippen LogP contribution in [0.4, 0.5) is 0 Å². The van der Waals surface area contributed by atoms with Crippen LogP contribution in [-0.4, -0.2) is 34.1 Å². The maximum Gasteiger partial charge on any atom is 0.341 e. The summed E-state index contributed by atoms with van der Waals surface area (Å²) in [6.45, 7) is 0.980. The van der Waals surface area contributed by atoms with Crippen molar-refractivity contribution in [2.24, 2.45) is 0 Å². The molecule has 88 valence electrons. The van der Waals surface area contributed by atoms with Crippen molar-refractivity contribution in [2.75, 3.05) is 0 Å². The Kier molecular flexibility index (Phi) is 5.47. The minimum Gasteiger partial charge on any atom is -0.481 e. The molecule has 7 heteroatoms. The Hall–Kier alpha value is -2.18. The van der Waals surface area contributed by atoms with Gasteiger partial charge in [0.15, 0.2) is 0 Å². The average molecular weight is 230 g/mol. The molecular weight excluding hydrogens is 220 g/mol. The molecule has 2 N–H and O–H groups in total. The van der Waals surface area contributed by atoms with Gasteiger partial charge >= 0.3 is 23.9 Å². The zero-order valence-electron chi connectivity index (χ0n) is 8.43. The Morgan fingerprint density at radius 3 is 2.06 bits per heavy atom.